The highest BCUT2D eigenvalue weighted by molar-refractivity contribution is 6.12. The molecular weight excluding hydrogens is 420 g/mol. The molecule has 0 saturated heterocycles. The third-order valence-electron chi connectivity index (χ3n) is 5.42. The first kappa shape index (κ1) is 22.4. The summed E-state index contributed by atoms with van der Waals surface area (Å²) in [5.41, 5.74) is 1.08. The fourth-order valence-corrected chi connectivity index (χ4v) is 3.84. The zero-order valence-corrected chi connectivity index (χ0v) is 18.9. The Kier molecular flexibility index (Phi) is 6.37. The lowest BCUT2D eigenvalue weighted by atomic mass is 10.1. The summed E-state index contributed by atoms with van der Waals surface area (Å²) >= 11 is 0. The van der Waals surface area contributed by atoms with Crippen molar-refractivity contribution in [3.8, 4) is 0 Å². The molecule has 8 nitrogen and oxygen atoms in total. The molecule has 0 unspecified atom stereocenters. The van der Waals surface area contributed by atoms with Crippen molar-refractivity contribution < 1.29 is 9.53 Å². The first-order valence-electron chi connectivity index (χ1n) is 10.8. The number of hydrogen-bond acceptors (Lipinski definition) is 5. The minimum absolute atomic E-state index is 0.150. The predicted octanol–water partition coefficient (Wildman–Crippen LogP) is 3.27. The monoisotopic (exact) mass is 446 g/mol. The van der Waals surface area contributed by atoms with Crippen LogP contribution in [0.4, 0.5) is 5.69 Å². The molecule has 0 aliphatic heterocycles. The molecule has 0 spiro atoms. The number of fused-ring (bicyclic) bond motifs is 2. The average molecular weight is 447 g/mol. The average Bonchev–Trinajstić information content (AvgIpc) is 2.80. The molecule has 2 heterocycles. The Hall–Kier alpha value is -3.78. The van der Waals surface area contributed by atoms with Crippen molar-refractivity contribution in [2.45, 2.75) is 26.9 Å². The van der Waals surface area contributed by atoms with Crippen LogP contribution in [0.15, 0.2) is 64.6 Å². The summed E-state index contributed by atoms with van der Waals surface area (Å²) < 4.78 is 8.16. The molecule has 8 heteroatoms. The Balaban J connectivity index is 1.73. The SMILES string of the molecule is COCCn1cc(C(=O)Nc2ccc3ncn(CC(C)C)c(=O)c3c2)c2ccccc2c1=O. The van der Waals surface area contributed by atoms with Crippen molar-refractivity contribution in [2.24, 2.45) is 5.92 Å². The van der Waals surface area contributed by atoms with Crippen molar-refractivity contribution >= 4 is 33.3 Å². The maximum absolute atomic E-state index is 13.2. The number of aromatic nitrogens is 3. The van der Waals surface area contributed by atoms with Crippen LogP contribution >= 0.6 is 0 Å². The number of rotatable bonds is 7. The predicted molar refractivity (Wildman–Crippen MR) is 129 cm³/mol. The van der Waals surface area contributed by atoms with Crippen LogP contribution in [0.2, 0.25) is 0 Å². The molecule has 1 amide bonds. The topological polar surface area (TPSA) is 95.2 Å². The number of nitrogens with one attached hydrogen (secondary N) is 1. The number of benzene rings is 2. The molecule has 4 rings (SSSR count). The highest BCUT2D eigenvalue weighted by Crippen LogP contribution is 2.19. The van der Waals surface area contributed by atoms with E-state index >= 15 is 0 Å². The van der Waals surface area contributed by atoms with Crippen LogP contribution in [0, 0.1) is 5.92 Å². The van der Waals surface area contributed by atoms with Crippen molar-refractivity contribution in [3.05, 3.63) is 81.3 Å². The lowest BCUT2D eigenvalue weighted by Gasteiger charge is -2.13. The number of methoxy groups -OCH3 is 1. The normalized spacial score (nSPS) is 11.4. The van der Waals surface area contributed by atoms with Gasteiger partial charge in [0.1, 0.15) is 0 Å². The van der Waals surface area contributed by atoms with Gasteiger partial charge in [0.05, 0.1) is 29.4 Å². The van der Waals surface area contributed by atoms with Gasteiger partial charge in [0, 0.05) is 42.9 Å². The molecule has 2 aromatic carbocycles. The highest BCUT2D eigenvalue weighted by Gasteiger charge is 2.16. The van der Waals surface area contributed by atoms with Crippen molar-refractivity contribution in [1.29, 1.82) is 0 Å². The van der Waals surface area contributed by atoms with Gasteiger partial charge in [-0.1, -0.05) is 32.0 Å². The second-order valence-corrected chi connectivity index (χ2v) is 8.36. The summed E-state index contributed by atoms with van der Waals surface area (Å²) in [7, 11) is 1.56. The molecule has 0 saturated carbocycles. The lowest BCUT2D eigenvalue weighted by Crippen LogP contribution is -2.25. The molecule has 0 radical (unpaired) electrons. The van der Waals surface area contributed by atoms with Crippen LogP contribution in [-0.4, -0.2) is 33.7 Å². The maximum Gasteiger partial charge on any atom is 0.261 e. The first-order valence-corrected chi connectivity index (χ1v) is 10.8. The van der Waals surface area contributed by atoms with Gasteiger partial charge in [-0.2, -0.15) is 0 Å². The third kappa shape index (κ3) is 4.56. The Bertz CT molecular complexity index is 1450. The number of carbonyl (C=O) groups is 1. The minimum atomic E-state index is -0.372. The fraction of sp³-hybridized carbons (Fsp3) is 0.280. The van der Waals surface area contributed by atoms with E-state index < -0.39 is 0 Å². The van der Waals surface area contributed by atoms with Gasteiger partial charge in [0.25, 0.3) is 17.0 Å². The van der Waals surface area contributed by atoms with Gasteiger partial charge in [-0.05, 0) is 30.2 Å². The van der Waals surface area contributed by atoms with E-state index in [1.165, 1.54) is 4.57 Å². The fourth-order valence-electron chi connectivity index (χ4n) is 3.84. The zero-order chi connectivity index (χ0) is 23.5. The Labute approximate surface area is 190 Å². The van der Waals surface area contributed by atoms with E-state index in [4.69, 9.17) is 4.74 Å². The number of anilines is 1. The number of amides is 1. The smallest absolute Gasteiger partial charge is 0.261 e. The molecule has 0 aliphatic rings. The van der Waals surface area contributed by atoms with Gasteiger partial charge in [0.2, 0.25) is 0 Å². The highest BCUT2D eigenvalue weighted by atomic mass is 16.5. The number of hydrogen-bond donors (Lipinski definition) is 1. The Morgan fingerprint density at radius 3 is 2.48 bits per heavy atom. The van der Waals surface area contributed by atoms with E-state index in [1.807, 2.05) is 13.8 Å². The number of pyridine rings is 1. The standard InChI is InChI=1S/C25H26N4O4/c1-16(2)13-29-15-26-22-9-8-17(12-20(22)25(29)32)27-23(30)21-14-28(10-11-33-3)24(31)19-7-5-4-6-18(19)21/h4-9,12,14-16H,10-11,13H2,1-3H3,(H,27,30). The molecule has 0 atom stereocenters. The molecule has 0 fully saturated rings. The minimum Gasteiger partial charge on any atom is -0.383 e. The van der Waals surface area contributed by atoms with E-state index in [1.54, 1.807) is 66.7 Å². The molecule has 1 N–H and O–H groups in total. The molecule has 4 aromatic rings. The van der Waals surface area contributed by atoms with Gasteiger partial charge in [-0.3, -0.25) is 19.0 Å². The Morgan fingerprint density at radius 1 is 1.03 bits per heavy atom. The molecular formula is C25H26N4O4. The zero-order valence-electron chi connectivity index (χ0n) is 18.9. The van der Waals surface area contributed by atoms with E-state index in [9.17, 15) is 14.4 Å². The van der Waals surface area contributed by atoms with E-state index in [-0.39, 0.29) is 17.0 Å². The summed E-state index contributed by atoms with van der Waals surface area (Å²) in [4.78, 5) is 43.3. The summed E-state index contributed by atoms with van der Waals surface area (Å²) in [5.74, 6) is -0.0741. The van der Waals surface area contributed by atoms with E-state index in [0.29, 0.717) is 58.5 Å². The molecule has 33 heavy (non-hydrogen) atoms. The van der Waals surface area contributed by atoms with Gasteiger partial charge < -0.3 is 14.6 Å². The second-order valence-electron chi connectivity index (χ2n) is 8.36. The number of carbonyl (C=O) groups excluding carboxylic acids is 1. The molecule has 0 bridgehead atoms. The largest absolute Gasteiger partial charge is 0.383 e. The van der Waals surface area contributed by atoms with Crippen LogP contribution in [-0.2, 0) is 17.8 Å². The number of ether oxygens (including phenoxy) is 1. The van der Waals surface area contributed by atoms with Gasteiger partial charge in [-0.15, -0.1) is 0 Å². The third-order valence-corrected chi connectivity index (χ3v) is 5.42. The van der Waals surface area contributed by atoms with Crippen LogP contribution in [0.1, 0.15) is 24.2 Å². The van der Waals surface area contributed by atoms with Gasteiger partial charge in [0.15, 0.2) is 0 Å². The van der Waals surface area contributed by atoms with Gasteiger partial charge >= 0.3 is 0 Å². The summed E-state index contributed by atoms with van der Waals surface area (Å²) in [6, 6.07) is 12.1. The molecule has 170 valence electrons. The van der Waals surface area contributed by atoms with Gasteiger partial charge in [-0.25, -0.2) is 4.98 Å². The van der Waals surface area contributed by atoms with Crippen LogP contribution < -0.4 is 16.4 Å². The van der Waals surface area contributed by atoms with Crippen LogP contribution in [0.25, 0.3) is 21.7 Å². The summed E-state index contributed by atoms with van der Waals surface area (Å²) in [5, 5.41) is 4.33. The quantitative estimate of drug-likeness (QED) is 0.470. The Morgan fingerprint density at radius 2 is 1.76 bits per heavy atom. The second kappa shape index (κ2) is 9.38. The summed E-state index contributed by atoms with van der Waals surface area (Å²) in [6.45, 7) is 5.30. The summed E-state index contributed by atoms with van der Waals surface area (Å²) in [6.07, 6.45) is 3.11. The van der Waals surface area contributed by atoms with Crippen molar-refractivity contribution in [3.63, 3.8) is 0 Å². The van der Waals surface area contributed by atoms with Crippen LogP contribution in [0.5, 0.6) is 0 Å². The molecule has 0 aliphatic carbocycles. The van der Waals surface area contributed by atoms with E-state index in [2.05, 4.69) is 10.3 Å². The van der Waals surface area contributed by atoms with Crippen molar-refractivity contribution in [1.82, 2.24) is 14.1 Å². The maximum atomic E-state index is 13.2. The van der Waals surface area contributed by atoms with Crippen LogP contribution in [0.3, 0.4) is 0 Å². The van der Waals surface area contributed by atoms with Crippen molar-refractivity contribution in [2.75, 3.05) is 19.0 Å². The number of nitrogens with zero attached hydrogens (tertiary/aromatic N) is 3. The van der Waals surface area contributed by atoms with E-state index in [0.717, 1.165) is 0 Å². The lowest BCUT2D eigenvalue weighted by molar-refractivity contribution is 0.102. The first-order chi connectivity index (χ1) is 15.9. The molecule has 2 aromatic heterocycles.